The standard InChI is InChI=1S/C16H19NOS2/c1-17-10-12(9-13(11-17)18-2)16(14-5-3-7-19-14)15-6-4-8-20-15/h3-8,13H,9-11H2,1-2H3. The molecule has 3 rings (SSSR count). The van der Waals surface area contributed by atoms with Crippen LogP contribution in [0.3, 0.4) is 0 Å². The predicted octanol–water partition coefficient (Wildman–Crippen LogP) is 3.96. The molecular weight excluding hydrogens is 286 g/mol. The van der Waals surface area contributed by atoms with E-state index in [0.29, 0.717) is 6.10 Å². The lowest BCUT2D eigenvalue weighted by Crippen LogP contribution is -2.38. The highest BCUT2D eigenvalue weighted by Crippen LogP contribution is 2.36. The summed E-state index contributed by atoms with van der Waals surface area (Å²) in [6.07, 6.45) is 1.34. The Morgan fingerprint density at radius 1 is 1.20 bits per heavy atom. The summed E-state index contributed by atoms with van der Waals surface area (Å²) in [4.78, 5) is 5.09. The van der Waals surface area contributed by atoms with Gasteiger partial charge in [-0.1, -0.05) is 12.1 Å². The Bertz CT molecular complexity index is 535. The molecule has 4 heteroatoms. The van der Waals surface area contributed by atoms with Crippen LogP contribution >= 0.6 is 22.7 Å². The molecule has 0 amide bonds. The van der Waals surface area contributed by atoms with Crippen molar-refractivity contribution in [1.82, 2.24) is 4.90 Å². The van der Waals surface area contributed by atoms with Crippen LogP contribution in [0.15, 0.2) is 40.6 Å². The zero-order valence-electron chi connectivity index (χ0n) is 11.8. The third-order valence-electron chi connectivity index (χ3n) is 3.67. The lowest BCUT2D eigenvalue weighted by Gasteiger charge is -2.32. The maximum absolute atomic E-state index is 5.61. The lowest BCUT2D eigenvalue weighted by atomic mass is 9.95. The molecule has 106 valence electrons. The van der Waals surface area contributed by atoms with Crippen LogP contribution in [0, 0.1) is 0 Å². The SMILES string of the molecule is COC1CC(=C(c2cccs2)c2cccs2)CN(C)C1. The number of thiophene rings is 2. The fraction of sp³-hybridized carbons (Fsp3) is 0.375. The van der Waals surface area contributed by atoms with Gasteiger partial charge in [0.05, 0.1) is 6.10 Å². The van der Waals surface area contributed by atoms with Gasteiger partial charge in [0.15, 0.2) is 0 Å². The van der Waals surface area contributed by atoms with Crippen LogP contribution in [0.1, 0.15) is 16.2 Å². The van der Waals surface area contributed by atoms with E-state index in [9.17, 15) is 0 Å². The fourth-order valence-electron chi connectivity index (χ4n) is 2.79. The number of nitrogens with zero attached hydrogens (tertiary/aromatic N) is 1. The monoisotopic (exact) mass is 305 g/mol. The number of piperidine rings is 1. The molecule has 2 nitrogen and oxygen atoms in total. The Kier molecular flexibility index (Phi) is 4.36. The van der Waals surface area contributed by atoms with Crippen molar-refractivity contribution in [3.05, 3.63) is 50.4 Å². The number of hydrogen-bond acceptors (Lipinski definition) is 4. The zero-order valence-corrected chi connectivity index (χ0v) is 13.5. The molecule has 0 spiro atoms. The van der Waals surface area contributed by atoms with Gasteiger partial charge in [0.25, 0.3) is 0 Å². The highest BCUT2D eigenvalue weighted by atomic mass is 32.1. The molecule has 0 aliphatic carbocycles. The minimum absolute atomic E-state index is 0.304. The summed E-state index contributed by atoms with van der Waals surface area (Å²) in [7, 11) is 3.99. The van der Waals surface area contributed by atoms with Gasteiger partial charge in [-0.15, -0.1) is 22.7 Å². The van der Waals surface area contributed by atoms with Crippen molar-refractivity contribution in [2.75, 3.05) is 27.2 Å². The van der Waals surface area contributed by atoms with Gasteiger partial charge in [-0.25, -0.2) is 0 Å². The number of ether oxygens (including phenoxy) is 1. The number of likely N-dealkylation sites (tertiary alicyclic amines) is 1. The summed E-state index contributed by atoms with van der Waals surface area (Å²) >= 11 is 3.64. The molecule has 20 heavy (non-hydrogen) atoms. The number of methoxy groups -OCH3 is 1. The second-order valence-electron chi connectivity index (χ2n) is 5.19. The summed E-state index contributed by atoms with van der Waals surface area (Å²) < 4.78 is 5.61. The van der Waals surface area contributed by atoms with Crippen molar-refractivity contribution in [1.29, 1.82) is 0 Å². The average Bonchev–Trinajstić information content (AvgIpc) is 3.12. The van der Waals surface area contributed by atoms with Crippen molar-refractivity contribution in [2.24, 2.45) is 0 Å². The largest absolute Gasteiger partial charge is 0.380 e. The average molecular weight is 305 g/mol. The molecule has 0 saturated carbocycles. The molecule has 0 radical (unpaired) electrons. The molecule has 0 N–H and O–H groups in total. The highest BCUT2D eigenvalue weighted by Gasteiger charge is 2.24. The fourth-order valence-corrected chi connectivity index (χ4v) is 4.52. The van der Waals surface area contributed by atoms with E-state index in [0.717, 1.165) is 19.5 Å². The minimum Gasteiger partial charge on any atom is -0.380 e. The van der Waals surface area contributed by atoms with Gasteiger partial charge in [-0.3, -0.25) is 4.90 Å². The van der Waals surface area contributed by atoms with E-state index >= 15 is 0 Å². The van der Waals surface area contributed by atoms with E-state index in [2.05, 4.69) is 47.0 Å². The van der Waals surface area contributed by atoms with Gasteiger partial charge >= 0.3 is 0 Å². The van der Waals surface area contributed by atoms with E-state index in [1.54, 1.807) is 0 Å². The Labute approximate surface area is 128 Å². The van der Waals surface area contributed by atoms with Crippen molar-refractivity contribution in [2.45, 2.75) is 12.5 Å². The van der Waals surface area contributed by atoms with E-state index in [4.69, 9.17) is 4.74 Å². The molecular formula is C16H19NOS2. The maximum Gasteiger partial charge on any atom is 0.0736 e. The molecule has 1 aliphatic heterocycles. The Balaban J connectivity index is 2.06. The van der Waals surface area contributed by atoms with Crippen LogP contribution in [0.2, 0.25) is 0 Å². The number of rotatable bonds is 3. The molecule has 2 aromatic heterocycles. The van der Waals surface area contributed by atoms with Crippen LogP contribution in [0.5, 0.6) is 0 Å². The van der Waals surface area contributed by atoms with Crippen molar-refractivity contribution < 1.29 is 4.74 Å². The van der Waals surface area contributed by atoms with Gasteiger partial charge in [-0.05, 0) is 41.9 Å². The predicted molar refractivity (Wildman–Crippen MR) is 87.6 cm³/mol. The normalized spacial score (nSPS) is 20.3. The van der Waals surface area contributed by atoms with E-state index in [1.165, 1.54) is 20.9 Å². The molecule has 1 unspecified atom stereocenters. The molecule has 0 bridgehead atoms. The second kappa shape index (κ2) is 6.22. The van der Waals surface area contributed by atoms with Crippen LogP contribution in [0.4, 0.5) is 0 Å². The first-order chi connectivity index (χ1) is 9.78. The summed E-state index contributed by atoms with van der Waals surface area (Å²) in [6.45, 7) is 2.05. The van der Waals surface area contributed by atoms with E-state index in [-0.39, 0.29) is 0 Å². The molecule has 1 saturated heterocycles. The molecule has 2 aromatic rings. The second-order valence-corrected chi connectivity index (χ2v) is 7.09. The molecule has 0 aromatic carbocycles. The summed E-state index contributed by atoms with van der Waals surface area (Å²) in [5.41, 5.74) is 2.92. The zero-order chi connectivity index (χ0) is 13.9. The summed E-state index contributed by atoms with van der Waals surface area (Å²) in [5, 5.41) is 4.31. The quantitative estimate of drug-likeness (QED) is 0.851. The minimum atomic E-state index is 0.304. The first-order valence-electron chi connectivity index (χ1n) is 6.79. The van der Waals surface area contributed by atoms with Crippen LogP contribution < -0.4 is 0 Å². The first-order valence-corrected chi connectivity index (χ1v) is 8.55. The van der Waals surface area contributed by atoms with E-state index < -0.39 is 0 Å². The third-order valence-corrected chi connectivity index (χ3v) is 5.45. The number of likely N-dealkylation sites (N-methyl/N-ethyl adjacent to an activating group) is 1. The highest BCUT2D eigenvalue weighted by molar-refractivity contribution is 7.13. The van der Waals surface area contributed by atoms with Gasteiger partial charge in [0.1, 0.15) is 0 Å². The van der Waals surface area contributed by atoms with Crippen LogP contribution in [-0.2, 0) is 4.74 Å². The summed E-state index contributed by atoms with van der Waals surface area (Å²) in [6, 6.07) is 8.72. The molecule has 3 heterocycles. The van der Waals surface area contributed by atoms with Crippen LogP contribution in [0.25, 0.3) is 5.57 Å². The Hall–Kier alpha value is -0.940. The molecule has 1 atom stereocenters. The topological polar surface area (TPSA) is 12.5 Å². The molecule has 1 aliphatic rings. The molecule has 1 fully saturated rings. The maximum atomic E-state index is 5.61. The Morgan fingerprint density at radius 3 is 2.35 bits per heavy atom. The van der Waals surface area contributed by atoms with Crippen molar-refractivity contribution in [3.8, 4) is 0 Å². The summed E-state index contributed by atoms with van der Waals surface area (Å²) in [5.74, 6) is 0. The Morgan fingerprint density at radius 2 is 1.85 bits per heavy atom. The third kappa shape index (κ3) is 2.88. The van der Waals surface area contributed by atoms with Crippen molar-refractivity contribution in [3.63, 3.8) is 0 Å². The van der Waals surface area contributed by atoms with Gasteiger partial charge in [0, 0.05) is 35.5 Å². The van der Waals surface area contributed by atoms with Crippen LogP contribution in [-0.4, -0.2) is 38.3 Å². The number of hydrogen-bond donors (Lipinski definition) is 0. The van der Waals surface area contributed by atoms with E-state index in [1.807, 2.05) is 29.8 Å². The van der Waals surface area contributed by atoms with Gasteiger partial charge in [0.2, 0.25) is 0 Å². The van der Waals surface area contributed by atoms with Crippen molar-refractivity contribution >= 4 is 28.2 Å². The van der Waals surface area contributed by atoms with Gasteiger partial charge in [-0.2, -0.15) is 0 Å². The van der Waals surface area contributed by atoms with Gasteiger partial charge < -0.3 is 4.74 Å². The smallest absolute Gasteiger partial charge is 0.0736 e. The lowest BCUT2D eigenvalue weighted by molar-refractivity contribution is 0.0589. The first kappa shape index (κ1) is 14.0.